The minimum Gasteiger partial charge on any atom is -0.361 e. The van der Waals surface area contributed by atoms with Gasteiger partial charge < -0.3 is 20.1 Å². The number of carbonyl (C=O) groups is 3. The Kier molecular flexibility index (Phi) is 6.49. The Hall–Kier alpha value is -3.61. The van der Waals surface area contributed by atoms with Gasteiger partial charge in [0.15, 0.2) is 0 Å². The van der Waals surface area contributed by atoms with Crippen LogP contribution in [0, 0.1) is 5.92 Å². The zero-order valence-electron chi connectivity index (χ0n) is 19.3. The number of likely N-dealkylation sites (tertiary alicyclic amines) is 1. The Labute approximate surface area is 193 Å². The van der Waals surface area contributed by atoms with E-state index in [0.29, 0.717) is 26.1 Å². The topological polar surface area (TPSA) is 85.5 Å². The number of aromatic amines is 1. The number of nitrogens with one attached hydrogen (secondary N) is 2. The highest BCUT2D eigenvalue weighted by Gasteiger charge is 2.41. The molecule has 7 heteroatoms. The molecule has 1 saturated heterocycles. The first-order valence-corrected chi connectivity index (χ1v) is 11.2. The van der Waals surface area contributed by atoms with E-state index >= 15 is 0 Å². The van der Waals surface area contributed by atoms with Gasteiger partial charge in [0.05, 0.1) is 12.3 Å². The first-order valence-electron chi connectivity index (χ1n) is 11.2. The van der Waals surface area contributed by atoms with Crippen molar-refractivity contribution in [3.05, 3.63) is 71.4 Å². The van der Waals surface area contributed by atoms with Crippen molar-refractivity contribution in [2.45, 2.75) is 25.8 Å². The number of hydrogen-bond donors (Lipinski definition) is 2. The van der Waals surface area contributed by atoms with Gasteiger partial charge in [0, 0.05) is 63.7 Å². The van der Waals surface area contributed by atoms with Crippen molar-refractivity contribution in [2.75, 3.05) is 27.2 Å². The van der Waals surface area contributed by atoms with E-state index in [4.69, 9.17) is 0 Å². The molecule has 0 spiro atoms. The summed E-state index contributed by atoms with van der Waals surface area (Å²) in [4.78, 5) is 44.0. The van der Waals surface area contributed by atoms with E-state index in [-0.39, 0.29) is 29.6 Å². The summed E-state index contributed by atoms with van der Waals surface area (Å²) in [6, 6.07) is 15.9. The average molecular weight is 447 g/mol. The van der Waals surface area contributed by atoms with Crippen LogP contribution < -0.4 is 5.32 Å². The number of aromatic nitrogens is 1. The molecule has 3 aromatic rings. The van der Waals surface area contributed by atoms with E-state index in [1.165, 1.54) is 6.92 Å². The lowest BCUT2D eigenvalue weighted by atomic mass is 9.87. The molecule has 2 aromatic carbocycles. The maximum absolute atomic E-state index is 13.2. The monoisotopic (exact) mass is 446 g/mol. The van der Waals surface area contributed by atoms with Gasteiger partial charge in [0.1, 0.15) is 0 Å². The number of carbonyl (C=O) groups excluding carboxylic acids is 3. The van der Waals surface area contributed by atoms with Gasteiger partial charge in [0.25, 0.3) is 0 Å². The highest BCUT2D eigenvalue weighted by Crippen LogP contribution is 2.34. The summed E-state index contributed by atoms with van der Waals surface area (Å²) in [6.07, 6.45) is 2.20. The summed E-state index contributed by atoms with van der Waals surface area (Å²) >= 11 is 0. The maximum Gasteiger partial charge on any atom is 0.227 e. The molecule has 33 heavy (non-hydrogen) atoms. The zero-order chi connectivity index (χ0) is 23.5. The van der Waals surface area contributed by atoms with Crippen LogP contribution in [0.1, 0.15) is 29.5 Å². The number of para-hydroxylation sites is 1. The zero-order valence-corrected chi connectivity index (χ0v) is 19.3. The smallest absolute Gasteiger partial charge is 0.227 e. The van der Waals surface area contributed by atoms with Crippen LogP contribution >= 0.6 is 0 Å². The van der Waals surface area contributed by atoms with Gasteiger partial charge in [-0.15, -0.1) is 0 Å². The number of fused-ring (bicyclic) bond motifs is 1. The molecule has 0 bridgehead atoms. The van der Waals surface area contributed by atoms with E-state index in [0.717, 1.165) is 27.6 Å². The van der Waals surface area contributed by atoms with Crippen LogP contribution in [0.25, 0.3) is 10.9 Å². The van der Waals surface area contributed by atoms with Gasteiger partial charge in [-0.3, -0.25) is 14.4 Å². The fourth-order valence-electron chi connectivity index (χ4n) is 4.59. The Morgan fingerprint density at radius 3 is 2.48 bits per heavy atom. The Balaban J connectivity index is 1.52. The van der Waals surface area contributed by atoms with E-state index in [1.54, 1.807) is 19.0 Å². The lowest BCUT2D eigenvalue weighted by Gasteiger charge is -2.21. The van der Waals surface area contributed by atoms with E-state index in [2.05, 4.69) is 10.3 Å². The number of nitrogens with zero attached hydrogens (tertiary/aromatic N) is 2. The predicted octanol–water partition coefficient (Wildman–Crippen LogP) is 2.68. The van der Waals surface area contributed by atoms with Gasteiger partial charge in [0.2, 0.25) is 17.7 Å². The fourth-order valence-corrected chi connectivity index (χ4v) is 4.59. The van der Waals surface area contributed by atoms with Crippen molar-refractivity contribution in [2.24, 2.45) is 5.92 Å². The second-order valence-corrected chi connectivity index (χ2v) is 8.93. The van der Waals surface area contributed by atoms with Crippen molar-refractivity contribution in [1.29, 1.82) is 0 Å². The fraction of sp³-hybridized carbons (Fsp3) is 0.346. The van der Waals surface area contributed by atoms with Gasteiger partial charge in [-0.1, -0.05) is 42.5 Å². The second kappa shape index (κ2) is 9.48. The normalized spacial score (nSPS) is 17.8. The van der Waals surface area contributed by atoms with Crippen LogP contribution in [-0.2, 0) is 27.3 Å². The van der Waals surface area contributed by atoms with Crippen LogP contribution in [0.4, 0.5) is 0 Å². The van der Waals surface area contributed by atoms with Gasteiger partial charge in [-0.25, -0.2) is 0 Å². The van der Waals surface area contributed by atoms with Crippen LogP contribution in [0.15, 0.2) is 54.7 Å². The molecule has 1 aliphatic rings. The molecule has 3 amide bonds. The third-order valence-corrected chi connectivity index (χ3v) is 6.40. The minimum absolute atomic E-state index is 0.0288. The van der Waals surface area contributed by atoms with Crippen LogP contribution in [-0.4, -0.2) is 59.7 Å². The molecule has 2 N–H and O–H groups in total. The van der Waals surface area contributed by atoms with E-state index in [1.807, 2.05) is 59.6 Å². The lowest BCUT2D eigenvalue weighted by Crippen LogP contribution is -2.35. The summed E-state index contributed by atoms with van der Waals surface area (Å²) in [7, 11) is 3.51. The molecule has 172 valence electrons. The SMILES string of the molecule is CC(=O)NCc1ccc([C@H]2CN(C(=O)Cc3c[nH]c4ccccc34)C[C@@H]2C(=O)N(C)C)cc1. The first kappa shape index (κ1) is 22.6. The number of rotatable bonds is 6. The quantitative estimate of drug-likeness (QED) is 0.611. The minimum atomic E-state index is -0.284. The van der Waals surface area contributed by atoms with Gasteiger partial charge in [-0.2, -0.15) is 0 Å². The molecular formula is C26H30N4O3. The van der Waals surface area contributed by atoms with E-state index in [9.17, 15) is 14.4 Å². The summed E-state index contributed by atoms with van der Waals surface area (Å²) in [5.41, 5.74) is 4.01. The van der Waals surface area contributed by atoms with E-state index < -0.39 is 0 Å². The van der Waals surface area contributed by atoms with Crippen molar-refractivity contribution in [1.82, 2.24) is 20.1 Å². The summed E-state index contributed by atoms with van der Waals surface area (Å²) < 4.78 is 0. The third-order valence-electron chi connectivity index (χ3n) is 6.40. The van der Waals surface area contributed by atoms with Crippen LogP contribution in [0.5, 0.6) is 0 Å². The Bertz CT molecular complexity index is 1170. The highest BCUT2D eigenvalue weighted by atomic mass is 16.2. The second-order valence-electron chi connectivity index (χ2n) is 8.93. The highest BCUT2D eigenvalue weighted by molar-refractivity contribution is 5.89. The third kappa shape index (κ3) is 4.92. The first-order chi connectivity index (χ1) is 15.8. The maximum atomic E-state index is 13.2. The summed E-state index contributed by atoms with van der Waals surface area (Å²) in [5.74, 6) is -0.364. The molecule has 2 heterocycles. The Morgan fingerprint density at radius 2 is 1.79 bits per heavy atom. The number of amides is 3. The molecule has 0 unspecified atom stereocenters. The summed E-state index contributed by atoms with van der Waals surface area (Å²) in [6.45, 7) is 2.88. The molecule has 1 aromatic heterocycles. The van der Waals surface area contributed by atoms with Crippen molar-refractivity contribution in [3.63, 3.8) is 0 Å². The molecule has 4 rings (SSSR count). The largest absolute Gasteiger partial charge is 0.361 e. The van der Waals surface area contributed by atoms with Gasteiger partial charge >= 0.3 is 0 Å². The average Bonchev–Trinajstić information content (AvgIpc) is 3.42. The number of H-pyrrole nitrogens is 1. The summed E-state index contributed by atoms with van der Waals surface area (Å²) in [5, 5.41) is 3.85. The van der Waals surface area contributed by atoms with Crippen LogP contribution in [0.2, 0.25) is 0 Å². The molecule has 2 atom stereocenters. The molecule has 0 saturated carbocycles. The molecule has 1 aliphatic heterocycles. The van der Waals surface area contributed by atoms with Crippen molar-refractivity contribution >= 4 is 28.6 Å². The van der Waals surface area contributed by atoms with Crippen LogP contribution in [0.3, 0.4) is 0 Å². The predicted molar refractivity (Wildman–Crippen MR) is 127 cm³/mol. The molecular weight excluding hydrogens is 416 g/mol. The van der Waals surface area contributed by atoms with Crippen molar-refractivity contribution < 1.29 is 14.4 Å². The molecule has 0 aliphatic carbocycles. The Morgan fingerprint density at radius 1 is 1.06 bits per heavy atom. The van der Waals surface area contributed by atoms with Crippen molar-refractivity contribution in [3.8, 4) is 0 Å². The molecule has 1 fully saturated rings. The number of benzene rings is 2. The van der Waals surface area contributed by atoms with Gasteiger partial charge in [-0.05, 0) is 22.8 Å². The number of hydrogen-bond acceptors (Lipinski definition) is 3. The standard InChI is InChI=1S/C26H30N4O3/c1-17(31)27-13-18-8-10-19(11-9-18)22-15-30(16-23(22)26(33)29(2)3)25(32)12-20-14-28-24-7-5-4-6-21(20)24/h4-11,14,22-23,28H,12-13,15-16H2,1-3H3,(H,27,31)/t22-,23+/m1/s1. The molecule has 7 nitrogen and oxygen atoms in total. The molecule has 0 radical (unpaired) electrons. The lowest BCUT2D eigenvalue weighted by molar-refractivity contribution is -0.133.